The topological polar surface area (TPSA) is 60.6 Å². The molecule has 104 valence electrons. The summed E-state index contributed by atoms with van der Waals surface area (Å²) in [5, 5.41) is 20.4. The van der Waals surface area contributed by atoms with Crippen molar-refractivity contribution in [3.8, 4) is 0 Å². The van der Waals surface area contributed by atoms with Gasteiger partial charge in [-0.2, -0.15) is 0 Å². The third-order valence-corrected chi connectivity index (χ3v) is 3.10. The molecule has 0 fully saturated rings. The molecule has 0 aliphatic carbocycles. The lowest BCUT2D eigenvalue weighted by Crippen LogP contribution is -2.38. The molecule has 0 aromatic carbocycles. The van der Waals surface area contributed by atoms with E-state index in [0.29, 0.717) is 0 Å². The number of hydrogen-bond acceptors (Lipinski definition) is 3. The van der Waals surface area contributed by atoms with Crippen LogP contribution in [-0.4, -0.2) is 16.5 Å². The van der Waals surface area contributed by atoms with E-state index in [-0.39, 0.29) is 6.61 Å². The lowest BCUT2D eigenvalue weighted by molar-refractivity contribution is -0.726. The number of oxime groups is 1. The van der Waals surface area contributed by atoms with Gasteiger partial charge in [0.1, 0.15) is 0 Å². The van der Waals surface area contributed by atoms with Crippen molar-refractivity contribution in [3.63, 3.8) is 0 Å². The number of pyridine rings is 2. The molecule has 2 aromatic rings. The van der Waals surface area contributed by atoms with Crippen molar-refractivity contribution in [1.29, 1.82) is 0 Å². The molecule has 0 aliphatic rings. The van der Waals surface area contributed by atoms with E-state index in [2.05, 4.69) is 14.3 Å². The molecule has 2 heterocycles. The maximum Gasteiger partial charge on any atom is 0.169 e. The van der Waals surface area contributed by atoms with E-state index in [9.17, 15) is 0 Å². The zero-order chi connectivity index (χ0) is 14.2. The minimum Gasteiger partial charge on any atom is -0.411 e. The molecule has 0 saturated carbocycles. The summed E-state index contributed by atoms with van der Waals surface area (Å²) in [4.78, 5) is 0. The Hall–Kier alpha value is -2.27. The van der Waals surface area contributed by atoms with Crippen LogP contribution in [0.3, 0.4) is 0 Å². The predicted octanol–water partition coefficient (Wildman–Crippen LogP) is 0.652. The Labute approximate surface area is 118 Å². The van der Waals surface area contributed by atoms with Crippen LogP contribution in [0.5, 0.6) is 0 Å². The van der Waals surface area contributed by atoms with Crippen LogP contribution in [0.4, 0.5) is 0 Å². The summed E-state index contributed by atoms with van der Waals surface area (Å²) >= 11 is 0. The van der Waals surface area contributed by atoms with Gasteiger partial charge in [-0.05, 0) is 5.56 Å². The SMILES string of the molecule is OCc1cc[n+](CCC[n+]2ccc(C=NO)cc2)cc1. The predicted molar refractivity (Wildman–Crippen MR) is 73.2 cm³/mol. The average molecular weight is 273 g/mol. The Morgan fingerprint density at radius 1 is 0.950 bits per heavy atom. The van der Waals surface area contributed by atoms with Crippen molar-refractivity contribution in [2.24, 2.45) is 5.16 Å². The van der Waals surface area contributed by atoms with Crippen molar-refractivity contribution in [2.45, 2.75) is 26.1 Å². The second-order valence-corrected chi connectivity index (χ2v) is 4.57. The average Bonchev–Trinajstić information content (AvgIpc) is 2.50. The molecular formula is C15H19N3O2+2. The lowest BCUT2D eigenvalue weighted by Gasteiger charge is -1.98. The summed E-state index contributed by atoms with van der Waals surface area (Å²) in [5.74, 6) is 0. The molecule has 0 unspecified atom stereocenters. The van der Waals surface area contributed by atoms with Crippen molar-refractivity contribution in [1.82, 2.24) is 0 Å². The van der Waals surface area contributed by atoms with Crippen LogP contribution in [0.25, 0.3) is 0 Å². The van der Waals surface area contributed by atoms with Crippen LogP contribution in [-0.2, 0) is 19.7 Å². The summed E-state index contributed by atoms with van der Waals surface area (Å²) < 4.78 is 4.20. The quantitative estimate of drug-likeness (QED) is 0.351. The molecule has 5 nitrogen and oxygen atoms in total. The largest absolute Gasteiger partial charge is 0.411 e. The molecule has 0 atom stereocenters. The van der Waals surface area contributed by atoms with E-state index in [4.69, 9.17) is 10.3 Å². The first-order chi connectivity index (χ1) is 9.81. The molecule has 2 N–H and O–H groups in total. The minimum absolute atomic E-state index is 0.0835. The number of hydrogen-bond donors (Lipinski definition) is 2. The summed E-state index contributed by atoms with van der Waals surface area (Å²) in [6.45, 7) is 1.93. The molecule has 0 saturated heterocycles. The van der Waals surface area contributed by atoms with Gasteiger partial charge >= 0.3 is 0 Å². The Morgan fingerprint density at radius 3 is 2.00 bits per heavy atom. The van der Waals surface area contributed by atoms with Gasteiger partial charge in [0.15, 0.2) is 37.9 Å². The molecule has 0 spiro atoms. The monoisotopic (exact) mass is 273 g/mol. The number of rotatable bonds is 6. The van der Waals surface area contributed by atoms with Gasteiger partial charge in [-0.25, -0.2) is 9.13 Å². The first kappa shape index (κ1) is 14.1. The zero-order valence-corrected chi connectivity index (χ0v) is 11.3. The molecule has 0 aliphatic heterocycles. The maximum absolute atomic E-state index is 8.98. The molecule has 20 heavy (non-hydrogen) atoms. The molecule has 0 bridgehead atoms. The first-order valence-electron chi connectivity index (χ1n) is 6.57. The summed E-state index contributed by atoms with van der Waals surface area (Å²) in [6, 6.07) is 7.66. The minimum atomic E-state index is 0.0835. The van der Waals surface area contributed by atoms with Crippen molar-refractivity contribution >= 4 is 6.21 Å². The Bertz CT molecular complexity index is 550. The standard InChI is InChI=1S/C15H18N3O2/c19-13-15-4-10-18(11-5-15)7-1-6-17-8-2-14(3-9-17)12-16-20/h2-5,8-12,19H,1,6-7,13H2/q+1/p+1. The van der Waals surface area contributed by atoms with E-state index in [1.54, 1.807) is 0 Å². The number of aliphatic hydroxyl groups excluding tert-OH is 1. The van der Waals surface area contributed by atoms with Crippen LogP contribution < -0.4 is 9.13 Å². The van der Waals surface area contributed by atoms with Crippen molar-refractivity contribution in [3.05, 3.63) is 60.2 Å². The van der Waals surface area contributed by atoms with Gasteiger partial charge in [0.05, 0.1) is 19.2 Å². The second-order valence-electron chi connectivity index (χ2n) is 4.57. The smallest absolute Gasteiger partial charge is 0.169 e. The molecule has 5 heteroatoms. The highest BCUT2D eigenvalue weighted by Crippen LogP contribution is 1.94. The summed E-state index contributed by atoms with van der Waals surface area (Å²) in [6.07, 6.45) is 10.3. The van der Waals surface area contributed by atoms with Gasteiger partial charge in [-0.15, -0.1) is 0 Å². The van der Waals surface area contributed by atoms with Crippen LogP contribution in [0.15, 0.2) is 54.2 Å². The number of aliphatic hydroxyl groups is 1. The highest BCUT2D eigenvalue weighted by atomic mass is 16.4. The molecule has 2 rings (SSSR count). The second kappa shape index (κ2) is 7.35. The van der Waals surface area contributed by atoms with E-state index < -0.39 is 0 Å². The van der Waals surface area contributed by atoms with Crippen LogP contribution >= 0.6 is 0 Å². The van der Waals surface area contributed by atoms with Gasteiger partial charge in [0.25, 0.3) is 0 Å². The fourth-order valence-electron chi connectivity index (χ4n) is 1.95. The Morgan fingerprint density at radius 2 is 1.50 bits per heavy atom. The molecular weight excluding hydrogens is 254 g/mol. The van der Waals surface area contributed by atoms with Crippen molar-refractivity contribution < 1.29 is 19.4 Å². The maximum atomic E-state index is 8.98. The number of aromatic nitrogens is 2. The molecule has 2 aromatic heterocycles. The van der Waals surface area contributed by atoms with Gasteiger partial charge in [0.2, 0.25) is 0 Å². The fraction of sp³-hybridized carbons (Fsp3) is 0.267. The van der Waals surface area contributed by atoms with Gasteiger partial charge in [0, 0.05) is 29.8 Å². The van der Waals surface area contributed by atoms with E-state index in [1.807, 2.05) is 49.1 Å². The lowest BCUT2D eigenvalue weighted by atomic mass is 10.3. The summed E-state index contributed by atoms with van der Waals surface area (Å²) in [5.41, 5.74) is 1.80. The zero-order valence-electron chi connectivity index (χ0n) is 11.3. The number of nitrogens with zero attached hydrogens (tertiary/aromatic N) is 3. The van der Waals surface area contributed by atoms with E-state index in [1.165, 1.54) is 6.21 Å². The fourth-order valence-corrected chi connectivity index (χ4v) is 1.95. The summed E-state index contributed by atoms with van der Waals surface area (Å²) in [7, 11) is 0. The molecule has 0 radical (unpaired) electrons. The van der Waals surface area contributed by atoms with E-state index >= 15 is 0 Å². The third-order valence-electron chi connectivity index (χ3n) is 3.10. The van der Waals surface area contributed by atoms with E-state index in [0.717, 1.165) is 30.6 Å². The third kappa shape index (κ3) is 4.13. The highest BCUT2D eigenvalue weighted by molar-refractivity contribution is 5.78. The van der Waals surface area contributed by atoms with Gasteiger partial charge in [-0.3, -0.25) is 0 Å². The normalized spacial score (nSPS) is 11.1. The van der Waals surface area contributed by atoms with Crippen LogP contribution in [0.2, 0.25) is 0 Å². The van der Waals surface area contributed by atoms with Crippen molar-refractivity contribution in [2.75, 3.05) is 0 Å². The highest BCUT2D eigenvalue weighted by Gasteiger charge is 2.04. The Kier molecular flexibility index (Phi) is 5.20. The first-order valence-corrected chi connectivity index (χ1v) is 6.57. The van der Waals surface area contributed by atoms with Gasteiger partial charge < -0.3 is 10.3 Å². The van der Waals surface area contributed by atoms with Gasteiger partial charge in [-0.1, -0.05) is 5.16 Å². The van der Waals surface area contributed by atoms with Crippen LogP contribution in [0.1, 0.15) is 17.5 Å². The Balaban J connectivity index is 1.82. The van der Waals surface area contributed by atoms with Crippen LogP contribution in [0, 0.1) is 0 Å². The molecule has 0 amide bonds. The number of aryl methyl sites for hydroxylation is 2.